The van der Waals surface area contributed by atoms with Crippen LogP contribution in [0.5, 0.6) is 0 Å². The van der Waals surface area contributed by atoms with Crippen LogP contribution in [0.25, 0.3) is 10.7 Å². The summed E-state index contributed by atoms with van der Waals surface area (Å²) in [5.41, 5.74) is -0.514. The normalized spacial score (nSPS) is 12.1. The second kappa shape index (κ2) is 6.75. The summed E-state index contributed by atoms with van der Waals surface area (Å²) in [6, 6.07) is 3.34. The van der Waals surface area contributed by atoms with Crippen molar-refractivity contribution in [3.05, 3.63) is 51.8 Å². The average molecular weight is 344 g/mol. The van der Waals surface area contributed by atoms with Crippen LogP contribution in [0.3, 0.4) is 0 Å². The van der Waals surface area contributed by atoms with E-state index in [0.717, 1.165) is 4.88 Å². The fourth-order valence-corrected chi connectivity index (χ4v) is 2.96. The lowest BCUT2D eigenvalue weighted by molar-refractivity contribution is 0.0935. The number of thiophene rings is 1. The number of carbonyl (C=O) groups is 1. The summed E-state index contributed by atoms with van der Waals surface area (Å²) in [5, 5.41) is 8.71. The highest BCUT2D eigenvalue weighted by Gasteiger charge is 2.19. The first-order chi connectivity index (χ1) is 11.6. The number of aromatic nitrogens is 5. The smallest absolute Gasteiger partial charge is 0.264 e. The number of aryl methyl sites for hydroxylation is 1. The maximum absolute atomic E-state index is 12.3. The molecule has 8 nitrogen and oxygen atoms in total. The molecule has 0 fully saturated rings. The summed E-state index contributed by atoms with van der Waals surface area (Å²) in [7, 11) is 0. The molecule has 0 aromatic carbocycles. The van der Waals surface area contributed by atoms with Gasteiger partial charge in [0.1, 0.15) is 23.5 Å². The van der Waals surface area contributed by atoms with Gasteiger partial charge in [0, 0.05) is 12.7 Å². The number of hydrogen-bond donors (Lipinski definition) is 2. The Bertz CT molecular complexity index is 899. The highest BCUT2D eigenvalue weighted by molar-refractivity contribution is 7.13. The second-order valence-electron chi connectivity index (χ2n) is 5.08. The molecule has 0 saturated heterocycles. The first kappa shape index (κ1) is 16.1. The first-order valence-electron chi connectivity index (χ1n) is 7.42. The Labute approximate surface area is 141 Å². The van der Waals surface area contributed by atoms with E-state index in [1.54, 1.807) is 11.6 Å². The van der Waals surface area contributed by atoms with Crippen molar-refractivity contribution in [2.75, 3.05) is 0 Å². The highest BCUT2D eigenvalue weighted by atomic mass is 32.1. The molecule has 3 rings (SSSR count). The van der Waals surface area contributed by atoms with E-state index in [1.165, 1.54) is 23.9 Å². The van der Waals surface area contributed by atoms with Crippen molar-refractivity contribution in [2.24, 2.45) is 0 Å². The quantitative estimate of drug-likeness (QED) is 0.731. The standard InChI is InChI=1S/C15H16N6O2S/c1-3-21-13(17-8-18-21)9(2)19-14(22)10-7-16-12(20-15(10)23)11-5-4-6-24-11/h4-9H,3H2,1-2H3,(H,19,22)(H,16,20,23)/t9-/m0/s1. The molecule has 0 saturated carbocycles. The maximum Gasteiger partial charge on any atom is 0.264 e. The van der Waals surface area contributed by atoms with Gasteiger partial charge < -0.3 is 10.3 Å². The molecule has 0 unspecified atom stereocenters. The van der Waals surface area contributed by atoms with Crippen molar-refractivity contribution in [1.29, 1.82) is 0 Å². The molecule has 9 heteroatoms. The van der Waals surface area contributed by atoms with E-state index in [-0.39, 0.29) is 11.6 Å². The predicted molar refractivity (Wildman–Crippen MR) is 89.7 cm³/mol. The Balaban J connectivity index is 1.79. The van der Waals surface area contributed by atoms with Crippen LogP contribution in [-0.4, -0.2) is 30.6 Å². The van der Waals surface area contributed by atoms with Gasteiger partial charge in [0.2, 0.25) is 0 Å². The van der Waals surface area contributed by atoms with Crippen molar-refractivity contribution in [2.45, 2.75) is 26.4 Å². The van der Waals surface area contributed by atoms with Crippen LogP contribution >= 0.6 is 11.3 Å². The molecule has 3 aromatic heterocycles. The molecule has 0 spiro atoms. The fraction of sp³-hybridized carbons (Fsp3) is 0.267. The lowest BCUT2D eigenvalue weighted by atomic mass is 10.2. The zero-order chi connectivity index (χ0) is 17.1. The number of carbonyl (C=O) groups excluding carboxylic acids is 1. The second-order valence-corrected chi connectivity index (χ2v) is 6.03. The Hall–Kier alpha value is -2.81. The number of aromatic amines is 1. The topological polar surface area (TPSA) is 106 Å². The van der Waals surface area contributed by atoms with Crippen LogP contribution in [0.2, 0.25) is 0 Å². The van der Waals surface area contributed by atoms with Crippen molar-refractivity contribution < 1.29 is 4.79 Å². The number of nitrogens with zero attached hydrogens (tertiary/aromatic N) is 4. The summed E-state index contributed by atoms with van der Waals surface area (Å²) in [5.74, 6) is 0.579. The van der Waals surface area contributed by atoms with Gasteiger partial charge in [0.05, 0.1) is 10.9 Å². The Kier molecular flexibility index (Phi) is 4.52. The van der Waals surface area contributed by atoms with Gasteiger partial charge in [-0.1, -0.05) is 6.07 Å². The van der Waals surface area contributed by atoms with Gasteiger partial charge in [-0.25, -0.2) is 14.6 Å². The third-order valence-electron chi connectivity index (χ3n) is 3.48. The third-order valence-corrected chi connectivity index (χ3v) is 4.36. The van der Waals surface area contributed by atoms with Gasteiger partial charge >= 0.3 is 0 Å². The number of amides is 1. The minimum atomic E-state index is -0.500. The molecular weight excluding hydrogens is 328 g/mol. The van der Waals surface area contributed by atoms with Crippen LogP contribution in [0.4, 0.5) is 0 Å². The molecule has 1 amide bonds. The number of hydrogen-bond acceptors (Lipinski definition) is 6. The molecule has 2 N–H and O–H groups in total. The molecule has 0 bridgehead atoms. The third kappa shape index (κ3) is 3.11. The average Bonchev–Trinajstić information content (AvgIpc) is 3.25. The molecule has 0 aliphatic carbocycles. The van der Waals surface area contributed by atoms with Gasteiger partial charge in [0.25, 0.3) is 11.5 Å². The molecule has 3 heterocycles. The highest BCUT2D eigenvalue weighted by Crippen LogP contribution is 2.19. The summed E-state index contributed by atoms with van der Waals surface area (Å²) in [6.07, 6.45) is 2.73. The Morgan fingerprint density at radius 3 is 2.96 bits per heavy atom. The first-order valence-corrected chi connectivity index (χ1v) is 8.30. The van der Waals surface area contributed by atoms with E-state index in [4.69, 9.17) is 0 Å². The Morgan fingerprint density at radius 1 is 1.46 bits per heavy atom. The molecule has 0 aliphatic heterocycles. The van der Waals surface area contributed by atoms with Crippen LogP contribution in [0.1, 0.15) is 36.1 Å². The molecular formula is C15H16N6O2S. The minimum absolute atomic E-state index is 0.0373. The van der Waals surface area contributed by atoms with Gasteiger partial charge in [-0.15, -0.1) is 11.3 Å². The van der Waals surface area contributed by atoms with Crippen molar-refractivity contribution >= 4 is 17.2 Å². The molecule has 1 atom stereocenters. The Morgan fingerprint density at radius 2 is 2.29 bits per heavy atom. The van der Waals surface area contributed by atoms with Crippen LogP contribution in [0.15, 0.2) is 34.8 Å². The van der Waals surface area contributed by atoms with Crippen molar-refractivity contribution in [1.82, 2.24) is 30.0 Å². The van der Waals surface area contributed by atoms with Crippen LogP contribution in [0, 0.1) is 0 Å². The van der Waals surface area contributed by atoms with Crippen LogP contribution in [-0.2, 0) is 6.54 Å². The maximum atomic E-state index is 12.3. The number of H-pyrrole nitrogens is 1. The minimum Gasteiger partial charge on any atom is -0.342 e. The molecule has 3 aromatic rings. The summed E-state index contributed by atoms with van der Waals surface area (Å²) >= 11 is 1.46. The molecule has 124 valence electrons. The van der Waals surface area contributed by atoms with Gasteiger partial charge in [0.15, 0.2) is 0 Å². The summed E-state index contributed by atoms with van der Waals surface area (Å²) < 4.78 is 1.69. The fourth-order valence-electron chi connectivity index (χ4n) is 2.29. The number of rotatable bonds is 5. The van der Waals surface area contributed by atoms with E-state index in [9.17, 15) is 9.59 Å². The number of nitrogens with one attached hydrogen (secondary N) is 2. The van der Waals surface area contributed by atoms with E-state index in [2.05, 4.69) is 25.4 Å². The van der Waals surface area contributed by atoms with Gasteiger partial charge in [-0.2, -0.15) is 5.10 Å². The SMILES string of the molecule is CCn1ncnc1[C@H](C)NC(=O)c1cnc(-c2cccs2)[nH]c1=O. The zero-order valence-electron chi connectivity index (χ0n) is 13.2. The summed E-state index contributed by atoms with van der Waals surface area (Å²) in [4.78, 5) is 36.3. The largest absolute Gasteiger partial charge is 0.342 e. The van der Waals surface area contributed by atoms with Crippen molar-refractivity contribution in [3.63, 3.8) is 0 Å². The monoisotopic (exact) mass is 344 g/mol. The van der Waals surface area contributed by atoms with Crippen LogP contribution < -0.4 is 10.9 Å². The van der Waals surface area contributed by atoms with E-state index in [1.807, 2.05) is 24.4 Å². The van der Waals surface area contributed by atoms with E-state index >= 15 is 0 Å². The van der Waals surface area contributed by atoms with Gasteiger partial charge in [-0.05, 0) is 25.3 Å². The molecule has 24 heavy (non-hydrogen) atoms. The molecule has 0 aliphatic rings. The van der Waals surface area contributed by atoms with Crippen molar-refractivity contribution in [3.8, 4) is 10.7 Å². The molecule has 0 radical (unpaired) electrons. The van der Waals surface area contributed by atoms with E-state index < -0.39 is 11.5 Å². The zero-order valence-corrected chi connectivity index (χ0v) is 14.0. The van der Waals surface area contributed by atoms with E-state index in [0.29, 0.717) is 18.2 Å². The lowest BCUT2D eigenvalue weighted by Crippen LogP contribution is -2.33. The van der Waals surface area contributed by atoms with Gasteiger partial charge in [-0.3, -0.25) is 9.59 Å². The predicted octanol–water partition coefficient (Wildman–Crippen LogP) is 1.60. The summed E-state index contributed by atoms with van der Waals surface area (Å²) in [6.45, 7) is 4.37. The lowest BCUT2D eigenvalue weighted by Gasteiger charge is -2.13.